The molecule has 29 heavy (non-hydrogen) atoms. The molecular formula is C22H17ClN2O3S. The molecule has 5 nitrogen and oxygen atoms in total. The van der Waals surface area contributed by atoms with Crippen LogP contribution in [0.4, 0.5) is 0 Å². The number of methoxy groups -OCH3 is 1. The van der Waals surface area contributed by atoms with Crippen LogP contribution in [-0.4, -0.2) is 29.8 Å². The van der Waals surface area contributed by atoms with Crippen molar-refractivity contribution in [1.29, 1.82) is 0 Å². The Hall–Kier alpha value is -2.83. The summed E-state index contributed by atoms with van der Waals surface area (Å²) < 4.78 is 11.3. The number of rotatable bonds is 4. The third kappa shape index (κ3) is 3.18. The van der Waals surface area contributed by atoms with Crippen molar-refractivity contribution in [2.45, 2.75) is 18.7 Å². The molecule has 0 aliphatic carbocycles. The van der Waals surface area contributed by atoms with Gasteiger partial charge < -0.3 is 9.47 Å². The average Bonchev–Trinajstić information content (AvgIpc) is 3.43. The Bertz CT molecular complexity index is 1100. The normalized spacial score (nSPS) is 19.8. The van der Waals surface area contributed by atoms with Gasteiger partial charge in [0.25, 0.3) is 6.23 Å². The highest BCUT2D eigenvalue weighted by molar-refractivity contribution is 7.12. The molecule has 0 radical (unpaired) electrons. The highest BCUT2D eigenvalue weighted by Crippen LogP contribution is 2.44. The van der Waals surface area contributed by atoms with E-state index in [0.717, 1.165) is 16.2 Å². The number of carbonyl (C=O) groups excluding carboxylic acids is 1. The summed E-state index contributed by atoms with van der Waals surface area (Å²) in [6.07, 6.45) is -0.136. The van der Waals surface area contributed by atoms with Crippen molar-refractivity contribution in [3.8, 4) is 11.5 Å². The molecule has 3 heterocycles. The number of benzene rings is 2. The molecule has 0 fully saturated rings. The first-order valence-electron chi connectivity index (χ1n) is 9.18. The summed E-state index contributed by atoms with van der Waals surface area (Å²) in [5.74, 6) is 1.22. The van der Waals surface area contributed by atoms with E-state index >= 15 is 0 Å². The second-order valence-corrected chi connectivity index (χ2v) is 8.25. The fourth-order valence-electron chi connectivity index (χ4n) is 3.72. The Morgan fingerprint density at radius 1 is 1.24 bits per heavy atom. The molecule has 2 aliphatic heterocycles. The molecule has 7 heteroatoms. The first-order valence-corrected chi connectivity index (χ1v) is 10.4. The predicted octanol–water partition coefficient (Wildman–Crippen LogP) is 5.16. The summed E-state index contributed by atoms with van der Waals surface area (Å²) in [5.41, 5.74) is 2.45. The maximum atomic E-state index is 13.3. The van der Waals surface area contributed by atoms with Gasteiger partial charge in [-0.05, 0) is 53.9 Å². The minimum Gasteiger partial charge on any atom is -0.497 e. The lowest BCUT2D eigenvalue weighted by molar-refractivity contribution is -0.00455. The number of hydrogen-bond donors (Lipinski definition) is 0. The predicted molar refractivity (Wildman–Crippen MR) is 113 cm³/mol. The Labute approximate surface area is 177 Å². The van der Waals surface area contributed by atoms with E-state index in [-0.39, 0.29) is 11.8 Å². The number of ketones is 1. The number of thiophene rings is 1. The van der Waals surface area contributed by atoms with Gasteiger partial charge in [-0.1, -0.05) is 17.7 Å². The first-order chi connectivity index (χ1) is 14.1. The molecule has 0 N–H and O–H groups in total. The molecule has 0 saturated heterocycles. The van der Waals surface area contributed by atoms with E-state index in [1.807, 2.05) is 29.6 Å². The van der Waals surface area contributed by atoms with Gasteiger partial charge in [0.1, 0.15) is 11.5 Å². The Kier molecular flexibility index (Phi) is 4.53. The van der Waals surface area contributed by atoms with Gasteiger partial charge in [-0.2, -0.15) is 5.10 Å². The SMILES string of the molecule is COc1ccc(C(=O)C2Oc3ccc(Cl)cc3C3CC(c4cccs4)=NN23)cc1. The van der Waals surface area contributed by atoms with Gasteiger partial charge in [0.2, 0.25) is 5.78 Å². The van der Waals surface area contributed by atoms with E-state index in [4.69, 9.17) is 26.2 Å². The number of halogens is 1. The fourth-order valence-corrected chi connectivity index (χ4v) is 4.62. The van der Waals surface area contributed by atoms with Crippen molar-refractivity contribution in [3.63, 3.8) is 0 Å². The highest BCUT2D eigenvalue weighted by atomic mass is 35.5. The van der Waals surface area contributed by atoms with E-state index in [2.05, 4.69) is 0 Å². The number of hydrogen-bond acceptors (Lipinski definition) is 6. The molecule has 2 aliphatic rings. The van der Waals surface area contributed by atoms with Gasteiger partial charge in [-0.25, -0.2) is 5.01 Å². The van der Waals surface area contributed by atoms with E-state index in [0.29, 0.717) is 28.5 Å². The molecule has 146 valence electrons. The van der Waals surface area contributed by atoms with Crippen molar-refractivity contribution in [2.75, 3.05) is 7.11 Å². The smallest absolute Gasteiger partial charge is 0.251 e. The summed E-state index contributed by atoms with van der Waals surface area (Å²) in [4.78, 5) is 14.4. The summed E-state index contributed by atoms with van der Waals surface area (Å²) in [7, 11) is 1.60. The van der Waals surface area contributed by atoms with Crippen LogP contribution in [0.5, 0.6) is 11.5 Å². The lowest BCUT2D eigenvalue weighted by atomic mass is 9.97. The zero-order valence-electron chi connectivity index (χ0n) is 15.5. The minimum absolute atomic E-state index is 0.0956. The third-order valence-corrected chi connectivity index (χ3v) is 6.31. The number of ether oxygens (including phenoxy) is 2. The van der Waals surface area contributed by atoms with Crippen molar-refractivity contribution >= 4 is 34.4 Å². The van der Waals surface area contributed by atoms with Crippen molar-refractivity contribution in [3.05, 3.63) is 81.0 Å². The van der Waals surface area contributed by atoms with Crippen LogP contribution < -0.4 is 9.47 Å². The number of nitrogens with zero attached hydrogens (tertiary/aromatic N) is 2. The largest absolute Gasteiger partial charge is 0.497 e. The van der Waals surface area contributed by atoms with Crippen molar-refractivity contribution < 1.29 is 14.3 Å². The van der Waals surface area contributed by atoms with E-state index in [1.165, 1.54) is 0 Å². The molecule has 5 rings (SSSR count). The zero-order chi connectivity index (χ0) is 20.0. The van der Waals surface area contributed by atoms with Gasteiger partial charge in [-0.15, -0.1) is 11.3 Å². The highest BCUT2D eigenvalue weighted by Gasteiger charge is 2.43. The topological polar surface area (TPSA) is 51.1 Å². The van der Waals surface area contributed by atoms with Crippen LogP contribution >= 0.6 is 22.9 Å². The van der Waals surface area contributed by atoms with Crippen molar-refractivity contribution in [2.24, 2.45) is 5.10 Å². The molecule has 0 spiro atoms. The lowest BCUT2D eigenvalue weighted by Gasteiger charge is -2.37. The zero-order valence-corrected chi connectivity index (χ0v) is 17.1. The summed E-state index contributed by atoms with van der Waals surface area (Å²) in [6.45, 7) is 0. The number of hydrazone groups is 1. The molecule has 0 bridgehead atoms. The van der Waals surface area contributed by atoms with Crippen LogP contribution in [-0.2, 0) is 0 Å². The fraction of sp³-hybridized carbons (Fsp3) is 0.182. The average molecular weight is 425 g/mol. The van der Waals surface area contributed by atoms with Crippen LogP contribution in [0.1, 0.15) is 33.3 Å². The van der Waals surface area contributed by atoms with Crippen LogP contribution in [0.25, 0.3) is 0 Å². The molecule has 2 unspecified atom stereocenters. The maximum Gasteiger partial charge on any atom is 0.251 e. The molecule has 2 aromatic carbocycles. The molecule has 1 aromatic heterocycles. The standard InChI is InChI=1S/C22H17ClN2O3S/c1-27-15-7-4-13(5-8-15)21(26)22-25-18(12-17(24-25)20-3-2-10-29-20)16-11-14(23)6-9-19(16)28-22/h2-11,18,22H,12H2,1H3. The van der Waals surface area contributed by atoms with Crippen molar-refractivity contribution in [1.82, 2.24) is 5.01 Å². The Morgan fingerprint density at radius 3 is 2.79 bits per heavy atom. The minimum atomic E-state index is -0.834. The van der Waals surface area contributed by atoms with E-state index in [1.54, 1.807) is 53.8 Å². The molecule has 0 saturated carbocycles. The second-order valence-electron chi connectivity index (χ2n) is 6.87. The monoisotopic (exact) mass is 424 g/mol. The van der Waals surface area contributed by atoms with Crippen LogP contribution in [0.2, 0.25) is 5.02 Å². The van der Waals surface area contributed by atoms with Gasteiger partial charge in [0.05, 0.1) is 23.7 Å². The van der Waals surface area contributed by atoms with Crippen LogP contribution in [0.3, 0.4) is 0 Å². The van der Waals surface area contributed by atoms with Crippen LogP contribution in [0.15, 0.2) is 65.1 Å². The molecule has 0 amide bonds. The molecule has 3 aromatic rings. The number of Topliss-reactive ketones (excluding diaryl/α,β-unsaturated/α-hetero) is 1. The maximum absolute atomic E-state index is 13.3. The number of fused-ring (bicyclic) bond motifs is 3. The van der Waals surface area contributed by atoms with Gasteiger partial charge >= 0.3 is 0 Å². The third-order valence-electron chi connectivity index (χ3n) is 5.16. The Balaban J connectivity index is 1.55. The van der Waals surface area contributed by atoms with Crippen LogP contribution in [0, 0.1) is 0 Å². The summed E-state index contributed by atoms with van der Waals surface area (Å²) in [6, 6.07) is 16.5. The Morgan fingerprint density at radius 2 is 2.07 bits per heavy atom. The molecular weight excluding hydrogens is 408 g/mol. The first kappa shape index (κ1) is 18.2. The quantitative estimate of drug-likeness (QED) is 0.542. The van der Waals surface area contributed by atoms with Gasteiger partial charge in [0.15, 0.2) is 0 Å². The van der Waals surface area contributed by atoms with E-state index < -0.39 is 6.23 Å². The van der Waals surface area contributed by atoms with Gasteiger partial charge in [-0.3, -0.25) is 4.79 Å². The summed E-state index contributed by atoms with van der Waals surface area (Å²) >= 11 is 7.88. The van der Waals surface area contributed by atoms with E-state index in [9.17, 15) is 4.79 Å². The molecule has 2 atom stereocenters. The summed E-state index contributed by atoms with van der Waals surface area (Å²) in [5, 5.41) is 9.23. The number of carbonyl (C=O) groups is 1. The van der Waals surface area contributed by atoms with Gasteiger partial charge in [0, 0.05) is 22.6 Å². The second kappa shape index (κ2) is 7.21. The lowest BCUT2D eigenvalue weighted by Crippen LogP contribution is -2.45.